The molecule has 0 fully saturated rings. The second-order valence-corrected chi connectivity index (χ2v) is 6.56. The zero-order chi connectivity index (χ0) is 18.0. The number of hydrogen-bond donors (Lipinski definition) is 2. The van der Waals surface area contributed by atoms with Crippen LogP contribution in [0.15, 0.2) is 42.5 Å². The average Bonchev–Trinajstić information content (AvgIpc) is 2.91. The number of hydrogen-bond acceptors (Lipinski definition) is 4. The molecule has 25 heavy (non-hydrogen) atoms. The maximum Gasteiger partial charge on any atom is 0.267 e. The molecule has 0 radical (unpaired) electrons. The lowest BCUT2D eigenvalue weighted by Crippen LogP contribution is -2.11. The standard InChI is InChI=1S/C17H12ClF2N3OS/c1-9-15(16(24)22-12-5-6-14(20)13(18)8-12)25-17(21-9)23-11-4-2-3-10(19)7-11/h2-8H,1H3,(H,21,23)(H,22,24). The molecule has 0 saturated heterocycles. The van der Waals surface area contributed by atoms with E-state index in [4.69, 9.17) is 11.6 Å². The summed E-state index contributed by atoms with van der Waals surface area (Å²) >= 11 is 6.84. The zero-order valence-corrected chi connectivity index (χ0v) is 14.5. The molecule has 0 atom stereocenters. The van der Waals surface area contributed by atoms with E-state index in [-0.39, 0.29) is 16.7 Å². The van der Waals surface area contributed by atoms with Gasteiger partial charge in [-0.1, -0.05) is 29.0 Å². The summed E-state index contributed by atoms with van der Waals surface area (Å²) in [6.45, 7) is 1.69. The summed E-state index contributed by atoms with van der Waals surface area (Å²) in [5.74, 6) is -1.32. The Morgan fingerprint density at radius 2 is 1.96 bits per heavy atom. The highest BCUT2D eigenvalue weighted by Gasteiger charge is 2.16. The van der Waals surface area contributed by atoms with E-state index >= 15 is 0 Å². The molecule has 128 valence electrons. The summed E-state index contributed by atoms with van der Waals surface area (Å²) in [4.78, 5) is 17.0. The van der Waals surface area contributed by atoms with Crippen LogP contribution in [0.2, 0.25) is 5.02 Å². The number of anilines is 3. The minimum Gasteiger partial charge on any atom is -0.331 e. The van der Waals surface area contributed by atoms with Crippen molar-refractivity contribution in [1.29, 1.82) is 0 Å². The molecule has 4 nitrogen and oxygen atoms in total. The molecule has 0 aliphatic carbocycles. The molecule has 3 aromatic rings. The van der Waals surface area contributed by atoms with Crippen LogP contribution in [0, 0.1) is 18.6 Å². The number of amides is 1. The van der Waals surface area contributed by atoms with Crippen molar-refractivity contribution in [3.63, 3.8) is 0 Å². The van der Waals surface area contributed by atoms with Crippen molar-refractivity contribution < 1.29 is 13.6 Å². The Balaban J connectivity index is 1.77. The Labute approximate surface area is 151 Å². The van der Waals surface area contributed by atoms with Crippen LogP contribution < -0.4 is 10.6 Å². The highest BCUT2D eigenvalue weighted by atomic mass is 35.5. The Bertz CT molecular complexity index is 945. The van der Waals surface area contributed by atoms with Crippen molar-refractivity contribution in [2.24, 2.45) is 0 Å². The number of carbonyl (C=O) groups is 1. The zero-order valence-electron chi connectivity index (χ0n) is 12.9. The smallest absolute Gasteiger partial charge is 0.267 e. The van der Waals surface area contributed by atoms with E-state index in [1.165, 1.54) is 30.3 Å². The van der Waals surface area contributed by atoms with Crippen molar-refractivity contribution in [1.82, 2.24) is 4.98 Å². The van der Waals surface area contributed by atoms with Gasteiger partial charge in [0.2, 0.25) is 0 Å². The first kappa shape index (κ1) is 17.3. The third-order valence-electron chi connectivity index (χ3n) is 3.26. The average molecular weight is 380 g/mol. The maximum absolute atomic E-state index is 13.2. The van der Waals surface area contributed by atoms with Crippen molar-refractivity contribution in [2.45, 2.75) is 6.92 Å². The van der Waals surface area contributed by atoms with Gasteiger partial charge in [-0.05, 0) is 43.3 Å². The van der Waals surface area contributed by atoms with Crippen molar-refractivity contribution >= 4 is 45.4 Å². The van der Waals surface area contributed by atoms with Crippen molar-refractivity contribution in [3.8, 4) is 0 Å². The van der Waals surface area contributed by atoms with E-state index in [9.17, 15) is 13.6 Å². The Morgan fingerprint density at radius 1 is 1.16 bits per heavy atom. The lowest BCUT2D eigenvalue weighted by molar-refractivity contribution is 0.103. The molecule has 0 aliphatic heterocycles. The first-order valence-electron chi connectivity index (χ1n) is 7.19. The highest BCUT2D eigenvalue weighted by molar-refractivity contribution is 7.17. The van der Waals surface area contributed by atoms with Gasteiger partial charge in [-0.25, -0.2) is 13.8 Å². The van der Waals surface area contributed by atoms with E-state index in [0.717, 1.165) is 11.3 Å². The molecule has 2 aromatic carbocycles. The SMILES string of the molecule is Cc1nc(Nc2cccc(F)c2)sc1C(=O)Nc1ccc(F)c(Cl)c1. The lowest BCUT2D eigenvalue weighted by atomic mass is 10.3. The molecule has 1 amide bonds. The number of aromatic nitrogens is 1. The molecule has 8 heteroatoms. The number of aryl methyl sites for hydroxylation is 1. The molecular formula is C17H12ClF2N3OS. The van der Waals surface area contributed by atoms with Crippen LogP contribution in [-0.4, -0.2) is 10.9 Å². The number of rotatable bonds is 4. The third kappa shape index (κ3) is 4.12. The van der Waals surface area contributed by atoms with Gasteiger partial charge in [0, 0.05) is 11.4 Å². The predicted octanol–water partition coefficient (Wildman–Crippen LogP) is 5.38. The van der Waals surface area contributed by atoms with E-state index in [2.05, 4.69) is 15.6 Å². The highest BCUT2D eigenvalue weighted by Crippen LogP contribution is 2.27. The number of carbonyl (C=O) groups excluding carboxylic acids is 1. The molecule has 0 spiro atoms. The summed E-state index contributed by atoms with van der Waals surface area (Å²) in [6, 6.07) is 9.86. The summed E-state index contributed by atoms with van der Waals surface area (Å²) in [5, 5.41) is 5.99. The summed E-state index contributed by atoms with van der Waals surface area (Å²) < 4.78 is 26.4. The fraction of sp³-hybridized carbons (Fsp3) is 0.0588. The normalized spacial score (nSPS) is 10.6. The van der Waals surface area contributed by atoms with Crippen LogP contribution in [0.5, 0.6) is 0 Å². The van der Waals surface area contributed by atoms with E-state index in [0.29, 0.717) is 27.1 Å². The largest absolute Gasteiger partial charge is 0.331 e. The van der Waals surface area contributed by atoms with Crippen molar-refractivity contribution in [3.05, 3.63) is 69.7 Å². The van der Waals surface area contributed by atoms with Crippen LogP contribution in [0.25, 0.3) is 0 Å². The van der Waals surface area contributed by atoms with E-state index in [1.54, 1.807) is 19.1 Å². The third-order valence-corrected chi connectivity index (χ3v) is 4.62. The lowest BCUT2D eigenvalue weighted by Gasteiger charge is -2.05. The van der Waals surface area contributed by atoms with Gasteiger partial charge in [0.05, 0.1) is 10.7 Å². The van der Waals surface area contributed by atoms with Gasteiger partial charge in [0.1, 0.15) is 16.5 Å². The minimum absolute atomic E-state index is 0.0766. The number of halogens is 3. The molecule has 0 bridgehead atoms. The Kier molecular flexibility index (Phi) is 4.96. The number of nitrogens with zero attached hydrogens (tertiary/aromatic N) is 1. The molecular weight excluding hydrogens is 368 g/mol. The van der Waals surface area contributed by atoms with E-state index in [1.807, 2.05) is 0 Å². The quantitative estimate of drug-likeness (QED) is 0.640. The molecule has 0 unspecified atom stereocenters. The monoisotopic (exact) mass is 379 g/mol. The van der Waals surface area contributed by atoms with E-state index < -0.39 is 5.82 Å². The van der Waals surface area contributed by atoms with Crippen LogP contribution in [0.1, 0.15) is 15.4 Å². The second-order valence-electron chi connectivity index (χ2n) is 5.15. The number of benzene rings is 2. The Morgan fingerprint density at radius 3 is 2.68 bits per heavy atom. The molecule has 1 heterocycles. The summed E-state index contributed by atoms with van der Waals surface area (Å²) in [7, 11) is 0. The molecule has 1 aromatic heterocycles. The van der Waals surface area contributed by atoms with Crippen LogP contribution in [-0.2, 0) is 0 Å². The summed E-state index contributed by atoms with van der Waals surface area (Å²) in [5.41, 5.74) is 1.43. The van der Waals surface area contributed by atoms with Crippen LogP contribution >= 0.6 is 22.9 Å². The molecule has 3 rings (SSSR count). The second kappa shape index (κ2) is 7.16. The van der Waals surface area contributed by atoms with Gasteiger partial charge in [0.25, 0.3) is 5.91 Å². The molecule has 2 N–H and O–H groups in total. The molecule has 0 saturated carbocycles. The van der Waals surface area contributed by atoms with Crippen LogP contribution in [0.4, 0.5) is 25.3 Å². The molecule has 0 aliphatic rings. The first-order valence-corrected chi connectivity index (χ1v) is 8.38. The first-order chi connectivity index (χ1) is 11.9. The van der Waals surface area contributed by atoms with Gasteiger partial charge in [-0.15, -0.1) is 0 Å². The Hall–Kier alpha value is -2.51. The fourth-order valence-electron chi connectivity index (χ4n) is 2.11. The fourth-order valence-corrected chi connectivity index (χ4v) is 3.17. The number of thiazole rings is 1. The van der Waals surface area contributed by atoms with Crippen LogP contribution in [0.3, 0.4) is 0 Å². The minimum atomic E-state index is -0.560. The van der Waals surface area contributed by atoms with Gasteiger partial charge in [-0.3, -0.25) is 4.79 Å². The van der Waals surface area contributed by atoms with Gasteiger partial charge in [0.15, 0.2) is 5.13 Å². The predicted molar refractivity (Wildman–Crippen MR) is 95.9 cm³/mol. The van der Waals surface area contributed by atoms with Crippen molar-refractivity contribution in [2.75, 3.05) is 10.6 Å². The number of nitrogens with one attached hydrogen (secondary N) is 2. The van der Waals surface area contributed by atoms with Gasteiger partial charge < -0.3 is 10.6 Å². The van der Waals surface area contributed by atoms with Gasteiger partial charge >= 0.3 is 0 Å². The van der Waals surface area contributed by atoms with Gasteiger partial charge in [-0.2, -0.15) is 0 Å². The topological polar surface area (TPSA) is 54.0 Å². The maximum atomic E-state index is 13.2. The summed E-state index contributed by atoms with van der Waals surface area (Å²) in [6.07, 6.45) is 0.